The van der Waals surface area contributed by atoms with Crippen molar-refractivity contribution in [2.45, 2.75) is 12.8 Å². The molecule has 1 heterocycles. The third-order valence-corrected chi connectivity index (χ3v) is 2.47. The molecule has 0 spiro atoms. The first-order chi connectivity index (χ1) is 8.33. The van der Waals surface area contributed by atoms with Gasteiger partial charge in [-0.1, -0.05) is 18.2 Å². The van der Waals surface area contributed by atoms with Crippen LogP contribution in [0, 0.1) is 12.3 Å². The molecule has 0 fully saturated rings. The van der Waals surface area contributed by atoms with E-state index in [0.29, 0.717) is 18.7 Å². The minimum atomic E-state index is -0.167. The summed E-state index contributed by atoms with van der Waals surface area (Å²) in [6.45, 7) is 0.574. The van der Waals surface area contributed by atoms with Crippen molar-refractivity contribution < 1.29 is 4.79 Å². The van der Waals surface area contributed by atoms with Crippen LogP contribution in [0.3, 0.4) is 0 Å². The zero-order valence-electron chi connectivity index (χ0n) is 9.36. The fraction of sp³-hybridized carbons (Fsp3) is 0.231. The van der Waals surface area contributed by atoms with Gasteiger partial charge in [0.2, 0.25) is 0 Å². The van der Waals surface area contributed by atoms with Gasteiger partial charge in [-0.2, -0.15) is 5.10 Å². The summed E-state index contributed by atoms with van der Waals surface area (Å²) in [6.07, 6.45) is 6.58. The molecule has 1 aromatic carbocycles. The molecule has 0 saturated carbocycles. The number of fused-ring (bicyclic) bond motifs is 1. The molecule has 86 valence electrons. The summed E-state index contributed by atoms with van der Waals surface area (Å²) in [6, 6.07) is 7.54. The number of H-pyrrole nitrogens is 1. The number of nitrogens with one attached hydrogen (secondary N) is 2. The second kappa shape index (κ2) is 5.17. The summed E-state index contributed by atoms with van der Waals surface area (Å²) in [5.41, 5.74) is 1.29. The van der Waals surface area contributed by atoms with E-state index in [4.69, 9.17) is 6.42 Å². The average Bonchev–Trinajstić information content (AvgIpc) is 2.78. The minimum absolute atomic E-state index is 0.167. The van der Waals surface area contributed by atoms with Gasteiger partial charge in [0.15, 0.2) is 5.69 Å². The van der Waals surface area contributed by atoms with Gasteiger partial charge >= 0.3 is 0 Å². The second-order valence-corrected chi connectivity index (χ2v) is 3.68. The van der Waals surface area contributed by atoms with Crippen LogP contribution in [0.4, 0.5) is 0 Å². The molecule has 1 amide bonds. The third-order valence-electron chi connectivity index (χ3n) is 2.47. The van der Waals surface area contributed by atoms with Crippen LogP contribution in [-0.4, -0.2) is 22.6 Å². The lowest BCUT2D eigenvalue weighted by molar-refractivity contribution is 0.0950. The van der Waals surface area contributed by atoms with E-state index in [1.165, 1.54) is 0 Å². The third kappa shape index (κ3) is 2.45. The Kier molecular flexibility index (Phi) is 3.41. The molecular formula is C13H13N3O. The Morgan fingerprint density at radius 2 is 2.29 bits per heavy atom. The summed E-state index contributed by atoms with van der Waals surface area (Å²) in [5, 5.41) is 10.5. The van der Waals surface area contributed by atoms with Gasteiger partial charge in [-0.05, 0) is 12.5 Å². The molecule has 4 nitrogen and oxygen atoms in total. The lowest BCUT2D eigenvalue weighted by Crippen LogP contribution is -2.24. The Morgan fingerprint density at radius 1 is 1.47 bits per heavy atom. The summed E-state index contributed by atoms with van der Waals surface area (Å²) in [4.78, 5) is 11.8. The molecule has 0 radical (unpaired) electrons. The molecule has 0 saturated heterocycles. The second-order valence-electron chi connectivity index (χ2n) is 3.68. The molecule has 17 heavy (non-hydrogen) atoms. The van der Waals surface area contributed by atoms with Crippen LogP contribution < -0.4 is 5.32 Å². The summed E-state index contributed by atoms with van der Waals surface area (Å²) in [5.74, 6) is 2.37. The van der Waals surface area contributed by atoms with Gasteiger partial charge in [-0.15, -0.1) is 12.3 Å². The topological polar surface area (TPSA) is 57.8 Å². The van der Waals surface area contributed by atoms with Crippen molar-refractivity contribution in [3.63, 3.8) is 0 Å². The minimum Gasteiger partial charge on any atom is -0.351 e. The van der Waals surface area contributed by atoms with Crippen LogP contribution in [0.5, 0.6) is 0 Å². The first kappa shape index (κ1) is 11.2. The summed E-state index contributed by atoms with van der Waals surface area (Å²) >= 11 is 0. The van der Waals surface area contributed by atoms with Crippen molar-refractivity contribution in [3.8, 4) is 12.3 Å². The Morgan fingerprint density at radius 3 is 3.12 bits per heavy atom. The number of hydrogen-bond donors (Lipinski definition) is 2. The number of benzene rings is 1. The Bertz CT molecular complexity index is 565. The maximum absolute atomic E-state index is 11.8. The molecule has 2 aromatic rings. The summed E-state index contributed by atoms with van der Waals surface area (Å²) < 4.78 is 0. The molecule has 4 heteroatoms. The lowest BCUT2D eigenvalue weighted by Gasteiger charge is -2.01. The molecule has 0 aliphatic heterocycles. The number of aromatic nitrogens is 2. The van der Waals surface area contributed by atoms with Gasteiger partial charge in [0, 0.05) is 18.4 Å². The molecule has 0 aliphatic rings. The predicted octanol–water partition coefficient (Wildman–Crippen LogP) is 1.71. The number of nitrogens with zero attached hydrogens (tertiary/aromatic N) is 1. The first-order valence-electron chi connectivity index (χ1n) is 5.47. The molecule has 2 N–H and O–H groups in total. The molecule has 0 atom stereocenters. The van der Waals surface area contributed by atoms with E-state index in [-0.39, 0.29) is 5.91 Å². The number of aromatic amines is 1. The highest BCUT2D eigenvalue weighted by Crippen LogP contribution is 2.14. The van der Waals surface area contributed by atoms with Crippen LogP contribution in [0.1, 0.15) is 23.3 Å². The maximum Gasteiger partial charge on any atom is 0.272 e. The van der Waals surface area contributed by atoms with E-state index in [1.807, 2.05) is 24.3 Å². The van der Waals surface area contributed by atoms with E-state index in [1.54, 1.807) is 0 Å². The smallest absolute Gasteiger partial charge is 0.272 e. The van der Waals surface area contributed by atoms with Crippen molar-refractivity contribution in [2.75, 3.05) is 6.54 Å². The number of unbranched alkanes of at least 4 members (excludes halogenated alkanes) is 1. The van der Waals surface area contributed by atoms with Gasteiger partial charge < -0.3 is 5.32 Å². The highest BCUT2D eigenvalue weighted by molar-refractivity contribution is 6.04. The van der Waals surface area contributed by atoms with Crippen molar-refractivity contribution in [3.05, 3.63) is 30.0 Å². The molecule has 0 aliphatic carbocycles. The lowest BCUT2D eigenvalue weighted by atomic mass is 10.2. The Balaban J connectivity index is 2.07. The highest BCUT2D eigenvalue weighted by atomic mass is 16.1. The van der Waals surface area contributed by atoms with E-state index < -0.39 is 0 Å². The van der Waals surface area contributed by atoms with Crippen molar-refractivity contribution in [1.29, 1.82) is 0 Å². The first-order valence-corrected chi connectivity index (χ1v) is 5.47. The molecule has 0 bridgehead atoms. The van der Waals surface area contributed by atoms with Crippen LogP contribution in [-0.2, 0) is 0 Å². The monoisotopic (exact) mass is 227 g/mol. The standard InChI is InChI=1S/C13H13N3O/c1-2-3-6-9-14-13(17)12-10-7-4-5-8-11(10)15-16-12/h1,4-5,7-8H,3,6,9H2,(H,14,17)(H,15,16). The predicted molar refractivity (Wildman–Crippen MR) is 66.5 cm³/mol. The van der Waals surface area contributed by atoms with Gasteiger partial charge in [-0.25, -0.2) is 0 Å². The van der Waals surface area contributed by atoms with Crippen molar-refractivity contribution in [1.82, 2.24) is 15.5 Å². The molecule has 0 unspecified atom stereocenters. The number of carbonyl (C=O) groups is 1. The number of rotatable bonds is 4. The fourth-order valence-electron chi connectivity index (χ4n) is 1.61. The highest BCUT2D eigenvalue weighted by Gasteiger charge is 2.12. The molecule has 2 rings (SSSR count). The SMILES string of the molecule is C#CCCCNC(=O)c1n[nH]c2ccccc12. The largest absolute Gasteiger partial charge is 0.351 e. The number of terminal acetylenes is 1. The van der Waals surface area contributed by atoms with Gasteiger partial charge in [0.25, 0.3) is 5.91 Å². The van der Waals surface area contributed by atoms with Crippen LogP contribution in [0.15, 0.2) is 24.3 Å². The molecule has 1 aromatic heterocycles. The Hall–Kier alpha value is -2.28. The maximum atomic E-state index is 11.8. The number of para-hydroxylation sites is 1. The van der Waals surface area contributed by atoms with Gasteiger partial charge in [-0.3, -0.25) is 9.89 Å². The van der Waals surface area contributed by atoms with Crippen molar-refractivity contribution in [2.24, 2.45) is 0 Å². The van der Waals surface area contributed by atoms with E-state index in [2.05, 4.69) is 21.4 Å². The quantitative estimate of drug-likeness (QED) is 0.617. The van der Waals surface area contributed by atoms with E-state index in [9.17, 15) is 4.79 Å². The molecular weight excluding hydrogens is 214 g/mol. The summed E-state index contributed by atoms with van der Waals surface area (Å²) in [7, 11) is 0. The van der Waals surface area contributed by atoms with E-state index in [0.717, 1.165) is 17.3 Å². The zero-order valence-corrected chi connectivity index (χ0v) is 9.36. The number of hydrogen-bond acceptors (Lipinski definition) is 2. The van der Waals surface area contributed by atoms with Crippen LogP contribution >= 0.6 is 0 Å². The van der Waals surface area contributed by atoms with Crippen LogP contribution in [0.2, 0.25) is 0 Å². The van der Waals surface area contributed by atoms with E-state index >= 15 is 0 Å². The van der Waals surface area contributed by atoms with Crippen molar-refractivity contribution >= 4 is 16.8 Å². The fourth-order valence-corrected chi connectivity index (χ4v) is 1.61. The normalized spacial score (nSPS) is 10.1. The average molecular weight is 227 g/mol. The van der Waals surface area contributed by atoms with Crippen LogP contribution in [0.25, 0.3) is 10.9 Å². The number of amides is 1. The van der Waals surface area contributed by atoms with Gasteiger partial charge in [0.05, 0.1) is 5.52 Å². The van der Waals surface area contributed by atoms with Gasteiger partial charge in [0.1, 0.15) is 0 Å². The zero-order chi connectivity index (χ0) is 12.1. The Labute approximate surface area is 99.4 Å². The number of carbonyl (C=O) groups excluding carboxylic acids is 1.